The van der Waals surface area contributed by atoms with E-state index in [4.69, 9.17) is 0 Å². The number of carbonyl (C=O) groups excluding carboxylic acids is 1. The Morgan fingerprint density at radius 1 is 1.05 bits per heavy atom. The second-order valence-electron chi connectivity index (χ2n) is 5.37. The van der Waals surface area contributed by atoms with Gasteiger partial charge in [0.05, 0.1) is 16.5 Å². The van der Waals surface area contributed by atoms with Crippen LogP contribution in [0.1, 0.15) is 34.5 Å². The van der Waals surface area contributed by atoms with Gasteiger partial charge in [0.1, 0.15) is 0 Å². The third kappa shape index (κ3) is 3.74. The summed E-state index contributed by atoms with van der Waals surface area (Å²) in [5, 5.41) is 2.84. The highest BCUT2D eigenvalue weighted by Crippen LogP contribution is 2.18. The van der Waals surface area contributed by atoms with Gasteiger partial charge in [-0.1, -0.05) is 42.0 Å². The minimum Gasteiger partial charge on any atom is -0.345 e. The van der Waals surface area contributed by atoms with Crippen LogP contribution in [0.5, 0.6) is 0 Å². The minimum atomic E-state index is -3.45. The maximum atomic E-state index is 12.4. The van der Waals surface area contributed by atoms with Crippen molar-refractivity contribution in [1.29, 1.82) is 0 Å². The van der Waals surface area contributed by atoms with E-state index in [2.05, 4.69) is 5.32 Å². The standard InChI is InChI=1S/C17H19NO3S/c1-12-8-10-14(11-9-12)13(2)18-17(19)15-6-4-5-7-16(15)22(3,20)21/h4-11,13H,1-3H3,(H,18,19). The van der Waals surface area contributed by atoms with Crippen LogP contribution in [0, 0.1) is 6.92 Å². The maximum absolute atomic E-state index is 12.4. The van der Waals surface area contributed by atoms with Gasteiger partial charge < -0.3 is 5.32 Å². The van der Waals surface area contributed by atoms with Crippen molar-refractivity contribution in [2.75, 3.05) is 6.26 Å². The molecule has 22 heavy (non-hydrogen) atoms. The normalized spacial score (nSPS) is 12.7. The number of rotatable bonds is 4. The molecule has 0 heterocycles. The van der Waals surface area contributed by atoms with Crippen LogP contribution in [0.15, 0.2) is 53.4 Å². The Morgan fingerprint density at radius 3 is 2.23 bits per heavy atom. The van der Waals surface area contributed by atoms with Crippen molar-refractivity contribution in [3.05, 3.63) is 65.2 Å². The van der Waals surface area contributed by atoms with Crippen LogP contribution in [-0.4, -0.2) is 20.6 Å². The van der Waals surface area contributed by atoms with Gasteiger partial charge in [0.25, 0.3) is 5.91 Å². The average Bonchev–Trinajstić information content (AvgIpc) is 2.47. The zero-order valence-electron chi connectivity index (χ0n) is 12.8. The van der Waals surface area contributed by atoms with E-state index in [1.165, 1.54) is 12.1 Å². The molecule has 0 spiro atoms. The van der Waals surface area contributed by atoms with E-state index in [0.29, 0.717) is 0 Å². The number of carbonyl (C=O) groups is 1. The first-order chi connectivity index (χ1) is 10.3. The number of benzene rings is 2. The lowest BCUT2D eigenvalue weighted by molar-refractivity contribution is 0.0936. The van der Waals surface area contributed by atoms with Crippen LogP contribution in [-0.2, 0) is 9.84 Å². The summed E-state index contributed by atoms with van der Waals surface area (Å²) in [4.78, 5) is 12.4. The molecule has 0 fully saturated rings. The molecule has 2 aromatic carbocycles. The molecule has 0 radical (unpaired) electrons. The predicted molar refractivity (Wildman–Crippen MR) is 86.6 cm³/mol. The molecule has 0 aliphatic rings. The van der Waals surface area contributed by atoms with E-state index in [0.717, 1.165) is 17.4 Å². The quantitative estimate of drug-likeness (QED) is 0.943. The van der Waals surface area contributed by atoms with Gasteiger partial charge >= 0.3 is 0 Å². The fourth-order valence-corrected chi connectivity index (χ4v) is 3.08. The molecule has 1 N–H and O–H groups in total. The molecule has 1 atom stereocenters. The molecule has 1 amide bonds. The van der Waals surface area contributed by atoms with E-state index in [1.807, 2.05) is 38.1 Å². The Balaban J connectivity index is 2.25. The number of aryl methyl sites for hydroxylation is 1. The smallest absolute Gasteiger partial charge is 0.253 e. The highest BCUT2D eigenvalue weighted by atomic mass is 32.2. The third-order valence-electron chi connectivity index (χ3n) is 3.46. The molecule has 0 aliphatic heterocycles. The molecule has 116 valence electrons. The van der Waals surface area contributed by atoms with Crippen LogP contribution in [0.25, 0.3) is 0 Å². The summed E-state index contributed by atoms with van der Waals surface area (Å²) in [5.41, 5.74) is 2.28. The maximum Gasteiger partial charge on any atom is 0.253 e. The summed E-state index contributed by atoms with van der Waals surface area (Å²) in [5.74, 6) is -0.394. The van der Waals surface area contributed by atoms with Crippen molar-refractivity contribution in [3.8, 4) is 0 Å². The van der Waals surface area contributed by atoms with Crippen molar-refractivity contribution in [2.45, 2.75) is 24.8 Å². The van der Waals surface area contributed by atoms with Gasteiger partial charge in [0, 0.05) is 6.26 Å². The lowest BCUT2D eigenvalue weighted by Crippen LogP contribution is -2.28. The third-order valence-corrected chi connectivity index (χ3v) is 4.61. The summed E-state index contributed by atoms with van der Waals surface area (Å²) >= 11 is 0. The number of hydrogen-bond acceptors (Lipinski definition) is 3. The largest absolute Gasteiger partial charge is 0.345 e. The van der Waals surface area contributed by atoms with E-state index < -0.39 is 15.7 Å². The van der Waals surface area contributed by atoms with Gasteiger partial charge in [-0.05, 0) is 31.5 Å². The highest BCUT2D eigenvalue weighted by molar-refractivity contribution is 7.90. The zero-order chi connectivity index (χ0) is 16.3. The minimum absolute atomic E-state index is 0.0450. The molecule has 0 aromatic heterocycles. The van der Waals surface area contributed by atoms with Crippen LogP contribution >= 0.6 is 0 Å². The van der Waals surface area contributed by atoms with E-state index in [9.17, 15) is 13.2 Å². The molecule has 0 aliphatic carbocycles. The molecule has 2 aromatic rings. The fraction of sp³-hybridized carbons (Fsp3) is 0.235. The summed E-state index contributed by atoms with van der Waals surface area (Å²) < 4.78 is 23.5. The van der Waals surface area contributed by atoms with E-state index in [-0.39, 0.29) is 16.5 Å². The number of nitrogens with one attached hydrogen (secondary N) is 1. The van der Waals surface area contributed by atoms with Crippen molar-refractivity contribution < 1.29 is 13.2 Å². The van der Waals surface area contributed by atoms with Crippen molar-refractivity contribution in [3.63, 3.8) is 0 Å². The lowest BCUT2D eigenvalue weighted by atomic mass is 10.1. The van der Waals surface area contributed by atoms with Gasteiger partial charge in [-0.2, -0.15) is 0 Å². The van der Waals surface area contributed by atoms with Crippen LogP contribution in [0.2, 0.25) is 0 Å². The molecule has 0 saturated carbocycles. The number of sulfone groups is 1. The molecule has 4 nitrogen and oxygen atoms in total. The Kier molecular flexibility index (Phi) is 4.66. The van der Waals surface area contributed by atoms with Gasteiger partial charge in [0.2, 0.25) is 0 Å². The Morgan fingerprint density at radius 2 is 1.64 bits per heavy atom. The highest BCUT2D eigenvalue weighted by Gasteiger charge is 2.19. The van der Waals surface area contributed by atoms with Gasteiger partial charge in [-0.3, -0.25) is 4.79 Å². The van der Waals surface area contributed by atoms with Crippen LogP contribution < -0.4 is 5.32 Å². The second kappa shape index (κ2) is 6.32. The monoisotopic (exact) mass is 317 g/mol. The molecular formula is C17H19NO3S. The topological polar surface area (TPSA) is 63.2 Å². The summed E-state index contributed by atoms with van der Waals surface area (Å²) in [7, 11) is -3.45. The van der Waals surface area contributed by atoms with Crippen molar-refractivity contribution in [2.24, 2.45) is 0 Å². The van der Waals surface area contributed by atoms with Crippen LogP contribution in [0.3, 0.4) is 0 Å². The first kappa shape index (κ1) is 16.2. The molecular weight excluding hydrogens is 298 g/mol. The first-order valence-electron chi connectivity index (χ1n) is 6.95. The van der Waals surface area contributed by atoms with E-state index >= 15 is 0 Å². The average molecular weight is 317 g/mol. The molecule has 1 unspecified atom stereocenters. The summed E-state index contributed by atoms with van der Waals surface area (Å²) in [6.07, 6.45) is 1.10. The van der Waals surface area contributed by atoms with Crippen molar-refractivity contribution >= 4 is 15.7 Å². The zero-order valence-corrected chi connectivity index (χ0v) is 13.6. The van der Waals surface area contributed by atoms with Crippen LogP contribution in [0.4, 0.5) is 0 Å². The SMILES string of the molecule is Cc1ccc(C(C)NC(=O)c2ccccc2S(C)(=O)=O)cc1. The van der Waals surface area contributed by atoms with E-state index in [1.54, 1.807) is 12.1 Å². The van der Waals surface area contributed by atoms with Gasteiger partial charge in [0.15, 0.2) is 9.84 Å². The number of hydrogen-bond donors (Lipinski definition) is 1. The molecule has 2 rings (SSSR count). The van der Waals surface area contributed by atoms with Gasteiger partial charge in [-0.25, -0.2) is 8.42 Å². The summed E-state index contributed by atoms with van der Waals surface area (Å²) in [6, 6.07) is 13.9. The Bertz CT molecular complexity index is 780. The van der Waals surface area contributed by atoms with Crippen molar-refractivity contribution in [1.82, 2.24) is 5.32 Å². The number of amides is 1. The second-order valence-corrected chi connectivity index (χ2v) is 7.36. The molecule has 5 heteroatoms. The Labute approximate surface area is 131 Å². The summed E-state index contributed by atoms with van der Waals surface area (Å²) in [6.45, 7) is 3.86. The fourth-order valence-electron chi connectivity index (χ4n) is 2.19. The van der Waals surface area contributed by atoms with Gasteiger partial charge in [-0.15, -0.1) is 0 Å². The molecule has 0 bridgehead atoms. The lowest BCUT2D eigenvalue weighted by Gasteiger charge is -2.16. The molecule has 0 saturated heterocycles. The predicted octanol–water partition coefficient (Wildman–Crippen LogP) is 2.89. The first-order valence-corrected chi connectivity index (χ1v) is 8.84. The Hall–Kier alpha value is -2.14.